The molecule has 2 nitrogen and oxygen atoms in total. The summed E-state index contributed by atoms with van der Waals surface area (Å²) in [6.45, 7) is 0. The molecule has 0 aliphatic heterocycles. The van der Waals surface area contributed by atoms with E-state index in [0.717, 1.165) is 0 Å². The van der Waals surface area contributed by atoms with E-state index in [1.807, 2.05) is 0 Å². The minimum absolute atomic E-state index is 0.0964. The molecule has 9 heteroatoms. The molecule has 0 saturated heterocycles. The van der Waals surface area contributed by atoms with Gasteiger partial charge in [-0.15, -0.1) is 0 Å². The number of hydrogen-bond acceptors (Lipinski definition) is 2. The van der Waals surface area contributed by atoms with Crippen molar-refractivity contribution in [3.63, 3.8) is 0 Å². The molecular formula is C12H11F6IO2. The van der Waals surface area contributed by atoms with Crippen LogP contribution in [0.2, 0.25) is 0 Å². The normalized spacial score (nSPS) is 14.3. The lowest BCUT2D eigenvalue weighted by Gasteiger charge is -2.28. The molecule has 1 atom stereocenters. The van der Waals surface area contributed by atoms with Crippen LogP contribution < -0.4 is 4.74 Å². The van der Waals surface area contributed by atoms with Gasteiger partial charge < -0.3 is 9.47 Å². The van der Waals surface area contributed by atoms with Crippen LogP contribution in [0.15, 0.2) is 24.3 Å². The Morgan fingerprint density at radius 3 is 2.00 bits per heavy atom. The second-order valence-corrected chi connectivity index (χ2v) is 4.87. The van der Waals surface area contributed by atoms with Crippen molar-refractivity contribution in [3.8, 4) is 5.75 Å². The second kappa shape index (κ2) is 7.03. The van der Waals surface area contributed by atoms with Crippen LogP contribution in [-0.4, -0.2) is 30.0 Å². The lowest BCUT2D eigenvalue weighted by atomic mass is 10.1. The maximum absolute atomic E-state index is 12.5. The highest BCUT2D eigenvalue weighted by Crippen LogP contribution is 2.40. The van der Waals surface area contributed by atoms with Crippen molar-refractivity contribution in [2.45, 2.75) is 24.6 Å². The van der Waals surface area contributed by atoms with Gasteiger partial charge in [-0.05, 0) is 6.07 Å². The lowest BCUT2D eigenvalue weighted by Crippen LogP contribution is -2.45. The van der Waals surface area contributed by atoms with Gasteiger partial charge in [0.15, 0.2) is 0 Å². The largest absolute Gasteiger partial charge is 0.496 e. The summed E-state index contributed by atoms with van der Waals surface area (Å²) in [4.78, 5) is 0. The monoisotopic (exact) mass is 428 g/mol. The van der Waals surface area contributed by atoms with E-state index in [9.17, 15) is 26.3 Å². The van der Waals surface area contributed by atoms with Gasteiger partial charge in [-0.2, -0.15) is 26.3 Å². The van der Waals surface area contributed by atoms with Gasteiger partial charge in [0.2, 0.25) is 6.10 Å². The number of hydrogen-bond donors (Lipinski definition) is 0. The first kappa shape index (κ1) is 18.3. The molecule has 0 amide bonds. The number of alkyl halides is 7. The summed E-state index contributed by atoms with van der Waals surface area (Å²) in [6, 6.07) is 5.84. The van der Waals surface area contributed by atoms with Gasteiger partial charge in [-0.25, -0.2) is 0 Å². The minimum atomic E-state index is -5.54. The van der Waals surface area contributed by atoms with Crippen LogP contribution in [0, 0.1) is 0 Å². The van der Waals surface area contributed by atoms with Crippen LogP contribution in [0.1, 0.15) is 11.7 Å². The minimum Gasteiger partial charge on any atom is -0.496 e. The number of benzene rings is 1. The molecule has 1 aromatic rings. The first-order valence-corrected chi connectivity index (χ1v) is 7.11. The van der Waals surface area contributed by atoms with Crippen LogP contribution in [0.4, 0.5) is 26.3 Å². The van der Waals surface area contributed by atoms with Gasteiger partial charge in [-0.1, -0.05) is 40.8 Å². The SMILES string of the molecule is COc1ccccc1C(CI)OC(C(F)(F)F)C(F)(F)F. The van der Waals surface area contributed by atoms with E-state index in [4.69, 9.17) is 4.74 Å². The molecule has 1 rings (SSSR count). The third-order valence-corrected chi connectivity index (χ3v) is 3.32. The molecule has 0 aliphatic carbocycles. The summed E-state index contributed by atoms with van der Waals surface area (Å²) in [5.41, 5.74) is 0.132. The number of methoxy groups -OCH3 is 1. The molecule has 0 radical (unpaired) electrons. The van der Waals surface area contributed by atoms with Gasteiger partial charge in [-0.3, -0.25) is 0 Å². The molecule has 0 heterocycles. The second-order valence-electron chi connectivity index (χ2n) is 3.98. The Labute approximate surface area is 130 Å². The summed E-state index contributed by atoms with van der Waals surface area (Å²) in [6.07, 6.45) is -16.3. The van der Waals surface area contributed by atoms with Crippen LogP contribution in [-0.2, 0) is 4.74 Å². The first-order valence-electron chi connectivity index (χ1n) is 5.59. The van der Waals surface area contributed by atoms with Crippen molar-refractivity contribution in [2.24, 2.45) is 0 Å². The summed E-state index contributed by atoms with van der Waals surface area (Å²) >= 11 is 1.66. The lowest BCUT2D eigenvalue weighted by molar-refractivity contribution is -0.330. The van der Waals surface area contributed by atoms with Gasteiger partial charge in [0.1, 0.15) is 5.75 Å². The molecule has 1 aromatic carbocycles. The van der Waals surface area contributed by atoms with Gasteiger partial charge in [0, 0.05) is 9.99 Å². The molecule has 120 valence electrons. The highest BCUT2D eigenvalue weighted by molar-refractivity contribution is 14.1. The number of ether oxygens (including phenoxy) is 2. The average Bonchev–Trinajstić information content (AvgIpc) is 2.37. The van der Waals surface area contributed by atoms with Crippen molar-refractivity contribution in [3.05, 3.63) is 29.8 Å². The van der Waals surface area contributed by atoms with Crippen molar-refractivity contribution in [1.29, 1.82) is 0 Å². The van der Waals surface area contributed by atoms with Crippen molar-refractivity contribution in [2.75, 3.05) is 11.5 Å². The zero-order valence-corrected chi connectivity index (χ0v) is 12.8. The van der Waals surface area contributed by atoms with Crippen LogP contribution >= 0.6 is 22.6 Å². The van der Waals surface area contributed by atoms with E-state index < -0.39 is 24.6 Å². The molecule has 0 spiro atoms. The molecular weight excluding hydrogens is 417 g/mol. The Morgan fingerprint density at radius 1 is 1.05 bits per heavy atom. The third kappa shape index (κ3) is 4.90. The van der Waals surface area contributed by atoms with E-state index in [2.05, 4.69) is 4.74 Å². The summed E-state index contributed by atoms with van der Waals surface area (Å²) in [5.74, 6) is 0.169. The average molecular weight is 428 g/mol. The zero-order chi connectivity index (χ0) is 16.3. The topological polar surface area (TPSA) is 18.5 Å². The van der Waals surface area contributed by atoms with E-state index in [1.165, 1.54) is 25.3 Å². The maximum atomic E-state index is 12.5. The Hall–Kier alpha value is -0.710. The quantitative estimate of drug-likeness (QED) is 0.386. The summed E-state index contributed by atoms with van der Waals surface area (Å²) in [7, 11) is 1.27. The molecule has 0 saturated carbocycles. The standard InChI is InChI=1S/C12H11F6IO2/c1-20-8-5-3-2-4-7(8)9(6-19)21-10(11(13,14)15)12(16,17)18/h2-5,9-10H,6H2,1H3. The highest BCUT2D eigenvalue weighted by Gasteiger charge is 2.58. The Balaban J connectivity index is 3.10. The molecule has 21 heavy (non-hydrogen) atoms. The van der Waals surface area contributed by atoms with Gasteiger partial charge >= 0.3 is 12.4 Å². The fraction of sp³-hybridized carbons (Fsp3) is 0.500. The van der Waals surface area contributed by atoms with Crippen molar-refractivity contribution >= 4 is 22.6 Å². The molecule has 0 aromatic heterocycles. The van der Waals surface area contributed by atoms with Gasteiger partial charge in [0.05, 0.1) is 13.2 Å². The molecule has 1 unspecified atom stereocenters. The number of halogens is 7. The number of rotatable bonds is 5. The van der Waals surface area contributed by atoms with E-state index in [0.29, 0.717) is 0 Å². The van der Waals surface area contributed by atoms with E-state index >= 15 is 0 Å². The van der Waals surface area contributed by atoms with Crippen molar-refractivity contribution in [1.82, 2.24) is 0 Å². The third-order valence-electron chi connectivity index (χ3n) is 2.52. The first-order chi connectivity index (χ1) is 9.61. The van der Waals surface area contributed by atoms with E-state index in [1.54, 1.807) is 28.7 Å². The van der Waals surface area contributed by atoms with Crippen LogP contribution in [0.5, 0.6) is 5.75 Å². The van der Waals surface area contributed by atoms with Crippen molar-refractivity contribution < 1.29 is 35.8 Å². The Bertz CT molecular complexity index is 446. The Kier molecular flexibility index (Phi) is 6.14. The Morgan fingerprint density at radius 2 is 1.57 bits per heavy atom. The molecule has 0 fully saturated rings. The van der Waals surface area contributed by atoms with E-state index in [-0.39, 0.29) is 15.7 Å². The predicted octanol–water partition coefficient (Wildman–Crippen LogP) is 4.68. The number of para-hydroxylation sites is 1. The summed E-state index contributed by atoms with van der Waals surface area (Å²) in [5, 5.41) is 0. The fourth-order valence-corrected chi connectivity index (χ4v) is 2.31. The van der Waals surface area contributed by atoms with Crippen LogP contribution in [0.25, 0.3) is 0 Å². The molecule has 0 N–H and O–H groups in total. The zero-order valence-electron chi connectivity index (χ0n) is 10.6. The smallest absolute Gasteiger partial charge is 0.423 e. The predicted molar refractivity (Wildman–Crippen MR) is 71.6 cm³/mol. The maximum Gasteiger partial charge on any atom is 0.423 e. The highest BCUT2D eigenvalue weighted by atomic mass is 127. The molecule has 0 aliphatic rings. The van der Waals surface area contributed by atoms with Gasteiger partial charge in [0.25, 0.3) is 0 Å². The fourth-order valence-electron chi connectivity index (χ4n) is 1.63. The molecule has 0 bridgehead atoms. The van der Waals surface area contributed by atoms with Crippen LogP contribution in [0.3, 0.4) is 0 Å². The summed E-state index contributed by atoms with van der Waals surface area (Å²) < 4.78 is 84.4.